The van der Waals surface area contributed by atoms with Crippen molar-refractivity contribution in [2.45, 2.75) is 0 Å². The van der Waals surface area contributed by atoms with Gasteiger partial charge in [-0.3, -0.25) is 44.9 Å². The molecule has 18 nitrogen and oxygen atoms in total. The van der Waals surface area contributed by atoms with Crippen molar-refractivity contribution in [1.82, 2.24) is 25.8 Å². The molecule has 0 saturated carbocycles. The number of hydrogen-bond donors (Lipinski definition) is 2. The molecule has 0 bridgehead atoms. The molecular formula is C23H16N10O8S. The first-order valence-electron chi connectivity index (χ1n) is 11.2. The number of carbonyl (C=O) groups excluding carboxylic acids is 2. The molecule has 0 aromatic carbocycles. The third-order valence-corrected chi connectivity index (χ3v) is 5.56. The van der Waals surface area contributed by atoms with Gasteiger partial charge in [-0.05, 0) is 30.3 Å². The molecule has 2 N–H and O–H groups in total. The van der Waals surface area contributed by atoms with Crippen molar-refractivity contribution >= 4 is 52.0 Å². The Morgan fingerprint density at radius 3 is 1.71 bits per heavy atom. The molecule has 0 spiro atoms. The monoisotopic (exact) mass is 592 g/mol. The third kappa shape index (κ3) is 9.13. The number of amides is 2. The molecule has 4 heterocycles. The number of thiophene rings is 1. The highest BCUT2D eigenvalue weighted by Crippen LogP contribution is 2.22. The lowest BCUT2D eigenvalue weighted by atomic mass is 10.3. The van der Waals surface area contributed by atoms with Gasteiger partial charge < -0.3 is 0 Å². The molecule has 212 valence electrons. The zero-order valence-electron chi connectivity index (χ0n) is 20.8. The maximum Gasteiger partial charge on any atom is 0.324 e. The molecule has 0 atom stereocenters. The van der Waals surface area contributed by atoms with Gasteiger partial charge in [0.2, 0.25) is 0 Å². The summed E-state index contributed by atoms with van der Waals surface area (Å²) in [5.41, 5.74) is 4.59. The van der Waals surface area contributed by atoms with Crippen LogP contribution in [-0.4, -0.2) is 54.0 Å². The van der Waals surface area contributed by atoms with Crippen LogP contribution in [0.1, 0.15) is 31.5 Å². The van der Waals surface area contributed by atoms with E-state index in [1.54, 1.807) is 24.4 Å². The average molecular weight is 593 g/mol. The van der Waals surface area contributed by atoms with E-state index in [0.29, 0.717) is 10.6 Å². The molecule has 0 aliphatic heterocycles. The van der Waals surface area contributed by atoms with Crippen molar-refractivity contribution in [1.29, 1.82) is 0 Å². The maximum atomic E-state index is 11.7. The molecule has 4 aromatic rings. The Morgan fingerprint density at radius 2 is 1.29 bits per heavy atom. The van der Waals surface area contributed by atoms with E-state index in [2.05, 4.69) is 36.0 Å². The summed E-state index contributed by atoms with van der Waals surface area (Å²) in [5, 5.41) is 38.7. The number of hydrazone groups is 2. The number of pyridine rings is 3. The largest absolute Gasteiger partial charge is 0.324 e. The number of hydrogen-bond acceptors (Lipinski definition) is 14. The van der Waals surface area contributed by atoms with E-state index in [0.717, 1.165) is 29.8 Å². The van der Waals surface area contributed by atoms with Crippen molar-refractivity contribution in [2.75, 3.05) is 0 Å². The number of nitrogens with zero attached hydrogens (tertiary/aromatic N) is 8. The zero-order valence-corrected chi connectivity index (χ0v) is 21.7. The predicted molar refractivity (Wildman–Crippen MR) is 147 cm³/mol. The Bertz CT molecular complexity index is 1640. The summed E-state index contributed by atoms with van der Waals surface area (Å²) in [6.45, 7) is 0. The molecule has 0 aliphatic carbocycles. The van der Waals surface area contributed by atoms with Crippen LogP contribution in [0.4, 0.5) is 16.4 Å². The van der Waals surface area contributed by atoms with Gasteiger partial charge in [0.05, 0.1) is 37.8 Å². The van der Waals surface area contributed by atoms with Crippen LogP contribution in [0.15, 0.2) is 83.4 Å². The highest BCUT2D eigenvalue weighted by molar-refractivity contribution is 7.16. The first-order valence-corrected chi connectivity index (χ1v) is 12.0. The molecule has 0 aliphatic rings. The van der Waals surface area contributed by atoms with E-state index in [1.165, 1.54) is 42.8 Å². The fourth-order valence-electron chi connectivity index (χ4n) is 2.64. The van der Waals surface area contributed by atoms with Crippen LogP contribution < -0.4 is 10.9 Å². The Morgan fingerprint density at radius 1 is 0.714 bits per heavy atom. The van der Waals surface area contributed by atoms with E-state index in [-0.39, 0.29) is 27.8 Å². The number of aromatic nitrogens is 3. The van der Waals surface area contributed by atoms with E-state index in [4.69, 9.17) is 0 Å². The van der Waals surface area contributed by atoms with Gasteiger partial charge in [0.25, 0.3) is 23.2 Å². The molecule has 2 amide bonds. The summed E-state index contributed by atoms with van der Waals surface area (Å²) in [7, 11) is 0. The number of nitrogens with one attached hydrogen (secondary N) is 2. The molecule has 0 fully saturated rings. The third-order valence-electron chi connectivity index (χ3n) is 4.58. The molecule has 0 unspecified atom stereocenters. The summed E-state index contributed by atoms with van der Waals surface area (Å²) >= 11 is 0.903. The summed E-state index contributed by atoms with van der Waals surface area (Å²) in [5.74, 6) is -1.22. The standard InChI is InChI=1S/C12H9N5O3.C11H7N5O5S/c18-12(11-5-4-10(8-14-11)17(19)20)16-15-7-9-3-1-2-6-13-9;17-11(9-3-1-7(5-12-9)15(18)19)14-13-6-8-2-4-10(22-8)16(20)21/h1-8H,(H,16,18);1-6H,(H,14,17). The summed E-state index contributed by atoms with van der Waals surface area (Å²) < 4.78 is 0. The van der Waals surface area contributed by atoms with Gasteiger partial charge in [-0.25, -0.2) is 20.8 Å². The molecule has 4 aromatic heterocycles. The van der Waals surface area contributed by atoms with Crippen LogP contribution in [-0.2, 0) is 0 Å². The first-order chi connectivity index (χ1) is 20.1. The second-order valence-electron chi connectivity index (χ2n) is 7.40. The molecule has 42 heavy (non-hydrogen) atoms. The topological polar surface area (TPSA) is 251 Å². The lowest BCUT2D eigenvalue weighted by molar-refractivity contribution is -0.385. The van der Waals surface area contributed by atoms with Crippen molar-refractivity contribution < 1.29 is 24.4 Å². The van der Waals surface area contributed by atoms with Gasteiger partial charge in [-0.2, -0.15) is 10.2 Å². The van der Waals surface area contributed by atoms with E-state index in [1.807, 2.05) is 0 Å². The molecule has 0 saturated heterocycles. The average Bonchev–Trinajstić information content (AvgIpc) is 3.47. The lowest BCUT2D eigenvalue weighted by Gasteiger charge is -1.98. The number of nitro groups is 3. The fraction of sp³-hybridized carbons (Fsp3) is 0. The van der Waals surface area contributed by atoms with Crippen LogP contribution in [0.25, 0.3) is 0 Å². The quantitative estimate of drug-likeness (QED) is 0.162. The maximum absolute atomic E-state index is 11.7. The Hall–Kier alpha value is -6.37. The van der Waals surface area contributed by atoms with Crippen molar-refractivity contribution in [3.63, 3.8) is 0 Å². The van der Waals surface area contributed by atoms with Gasteiger partial charge in [0.15, 0.2) is 0 Å². The summed E-state index contributed by atoms with van der Waals surface area (Å²) in [6, 6.07) is 12.9. The first kappa shape index (κ1) is 30.2. The van der Waals surface area contributed by atoms with Crippen molar-refractivity contribution in [2.24, 2.45) is 10.2 Å². The van der Waals surface area contributed by atoms with Gasteiger partial charge in [-0.1, -0.05) is 17.4 Å². The van der Waals surface area contributed by atoms with E-state index >= 15 is 0 Å². The van der Waals surface area contributed by atoms with Gasteiger partial charge in [0.1, 0.15) is 23.8 Å². The second-order valence-corrected chi connectivity index (χ2v) is 8.50. The zero-order chi connectivity index (χ0) is 30.5. The fourth-order valence-corrected chi connectivity index (χ4v) is 3.34. The lowest BCUT2D eigenvalue weighted by Crippen LogP contribution is -2.19. The Labute approximate surface area is 237 Å². The minimum Gasteiger partial charge on any atom is -0.266 e. The second kappa shape index (κ2) is 14.7. The number of carbonyl (C=O) groups is 2. The molecule has 0 radical (unpaired) electrons. The summed E-state index contributed by atoms with van der Waals surface area (Å²) in [4.78, 5) is 64.8. The molecular weight excluding hydrogens is 576 g/mol. The normalized spacial score (nSPS) is 10.5. The van der Waals surface area contributed by atoms with Crippen LogP contribution in [0, 0.1) is 30.3 Å². The van der Waals surface area contributed by atoms with Crippen molar-refractivity contribution in [3.05, 3.63) is 125 Å². The van der Waals surface area contributed by atoms with Crippen molar-refractivity contribution in [3.8, 4) is 0 Å². The predicted octanol–water partition coefficient (Wildman–Crippen LogP) is 2.87. The van der Waals surface area contributed by atoms with Gasteiger partial charge >= 0.3 is 5.00 Å². The van der Waals surface area contributed by atoms with E-state index < -0.39 is 26.6 Å². The van der Waals surface area contributed by atoms with E-state index in [9.17, 15) is 39.9 Å². The van der Waals surface area contributed by atoms with Crippen LogP contribution in [0.5, 0.6) is 0 Å². The Kier molecular flexibility index (Phi) is 10.6. The molecule has 4 rings (SSSR count). The minimum atomic E-state index is -0.655. The number of rotatable bonds is 9. The van der Waals surface area contributed by atoms with Crippen LogP contribution >= 0.6 is 11.3 Å². The highest BCUT2D eigenvalue weighted by atomic mass is 32.1. The smallest absolute Gasteiger partial charge is 0.266 e. The molecule has 19 heteroatoms. The minimum absolute atomic E-state index is 0.0359. The van der Waals surface area contributed by atoms with Crippen LogP contribution in [0.3, 0.4) is 0 Å². The van der Waals surface area contributed by atoms with Gasteiger partial charge in [-0.15, -0.1) is 0 Å². The van der Waals surface area contributed by atoms with Gasteiger partial charge in [0, 0.05) is 24.4 Å². The Balaban J connectivity index is 0.000000231. The SMILES string of the molecule is O=C(NN=Cc1ccc([N+](=O)[O-])s1)c1ccc([N+](=O)[O-])cn1.O=C(NN=Cc1ccccn1)c1ccc([N+](=O)[O-])cn1. The van der Waals surface area contributed by atoms with Crippen LogP contribution in [0.2, 0.25) is 0 Å². The highest BCUT2D eigenvalue weighted by Gasteiger charge is 2.12. The summed E-state index contributed by atoms with van der Waals surface area (Å²) in [6.07, 6.45) is 6.20.